The molecule has 0 aromatic rings. The fourth-order valence-electron chi connectivity index (χ4n) is 0.919. The minimum absolute atomic E-state index is 0.205. The van der Waals surface area contributed by atoms with Crippen molar-refractivity contribution in [2.45, 2.75) is 19.3 Å². The molecule has 1 rings (SSSR count). The first-order chi connectivity index (χ1) is 4.29. The zero-order valence-electron chi connectivity index (χ0n) is 5.52. The lowest BCUT2D eigenvalue weighted by molar-refractivity contribution is 0.201. The maximum Gasteiger partial charge on any atom is 0.247 e. The summed E-state index contributed by atoms with van der Waals surface area (Å²) < 4.78 is 4.83. The Kier molecular flexibility index (Phi) is 1.93. The van der Waals surface area contributed by atoms with E-state index in [1.807, 2.05) is 6.08 Å². The third-order valence-electron chi connectivity index (χ3n) is 1.27. The molecule has 1 aliphatic carbocycles. The van der Waals surface area contributed by atoms with Gasteiger partial charge in [0.25, 0.3) is 0 Å². The lowest BCUT2D eigenvalue weighted by Crippen LogP contribution is -1.98. The van der Waals surface area contributed by atoms with Crippen molar-refractivity contribution in [1.82, 2.24) is 0 Å². The molecule has 0 unspecified atom stereocenters. The average Bonchev–Trinajstić information content (AvgIpc) is 2.15. The number of carbonyl (C=O) groups is 1. The molecule has 9 heavy (non-hydrogen) atoms. The average molecular weight is 124 g/mol. The molecular weight excluding hydrogens is 115 g/mol. The summed E-state index contributed by atoms with van der Waals surface area (Å²) in [6.07, 6.45) is 5.09. The second-order valence-corrected chi connectivity index (χ2v) is 2.16. The van der Waals surface area contributed by atoms with Gasteiger partial charge in [0.1, 0.15) is 5.76 Å². The van der Waals surface area contributed by atoms with Crippen molar-refractivity contribution < 1.29 is 9.53 Å². The van der Waals surface area contributed by atoms with Crippen LogP contribution in [0.25, 0.3) is 0 Å². The SMILES string of the molecule is BC(=O)OC1=CCCC1. The van der Waals surface area contributed by atoms with Gasteiger partial charge in [-0.2, -0.15) is 0 Å². The van der Waals surface area contributed by atoms with Crippen LogP contribution >= 0.6 is 0 Å². The van der Waals surface area contributed by atoms with Crippen molar-refractivity contribution >= 4 is 13.7 Å². The third-order valence-corrected chi connectivity index (χ3v) is 1.27. The number of rotatable bonds is 1. The van der Waals surface area contributed by atoms with Crippen molar-refractivity contribution in [3.63, 3.8) is 0 Å². The van der Waals surface area contributed by atoms with Crippen molar-refractivity contribution in [1.29, 1.82) is 0 Å². The van der Waals surface area contributed by atoms with Crippen LogP contribution < -0.4 is 0 Å². The van der Waals surface area contributed by atoms with Gasteiger partial charge in [-0.05, 0) is 18.9 Å². The van der Waals surface area contributed by atoms with Crippen molar-refractivity contribution in [2.24, 2.45) is 0 Å². The van der Waals surface area contributed by atoms with Crippen LogP contribution in [-0.2, 0) is 4.74 Å². The molecule has 0 aromatic carbocycles. The van der Waals surface area contributed by atoms with Gasteiger partial charge in [-0.1, -0.05) is 0 Å². The molecule has 0 heterocycles. The molecule has 0 aliphatic heterocycles. The zero-order chi connectivity index (χ0) is 6.69. The minimum Gasteiger partial charge on any atom is -0.440 e. The monoisotopic (exact) mass is 124 g/mol. The highest BCUT2D eigenvalue weighted by atomic mass is 16.5. The number of hydrogen-bond donors (Lipinski definition) is 0. The summed E-state index contributed by atoms with van der Waals surface area (Å²) >= 11 is 0. The predicted molar refractivity (Wildman–Crippen MR) is 37.0 cm³/mol. The van der Waals surface area contributed by atoms with Gasteiger partial charge in [0.05, 0.1) is 0 Å². The molecular formula is C6H9BO2. The van der Waals surface area contributed by atoms with Gasteiger partial charge >= 0.3 is 0 Å². The first kappa shape index (κ1) is 6.40. The summed E-state index contributed by atoms with van der Waals surface area (Å²) in [6.45, 7) is 0. The van der Waals surface area contributed by atoms with Crippen molar-refractivity contribution in [3.05, 3.63) is 11.8 Å². The third kappa shape index (κ3) is 1.92. The highest BCUT2D eigenvalue weighted by molar-refractivity contribution is 6.55. The maximum atomic E-state index is 10.3. The zero-order valence-corrected chi connectivity index (χ0v) is 5.52. The topological polar surface area (TPSA) is 26.3 Å². The van der Waals surface area contributed by atoms with E-state index >= 15 is 0 Å². The van der Waals surface area contributed by atoms with Crippen LogP contribution in [-0.4, -0.2) is 13.7 Å². The first-order valence-electron chi connectivity index (χ1n) is 3.16. The van der Waals surface area contributed by atoms with E-state index in [1.54, 1.807) is 0 Å². The summed E-state index contributed by atoms with van der Waals surface area (Å²) in [4.78, 5) is 10.3. The Labute approximate surface area is 55.3 Å². The van der Waals surface area contributed by atoms with Crippen LogP contribution in [0.3, 0.4) is 0 Å². The quantitative estimate of drug-likeness (QED) is 0.483. The fraction of sp³-hybridized carbons (Fsp3) is 0.500. The summed E-state index contributed by atoms with van der Waals surface area (Å²) in [5.74, 6) is 0.644. The Morgan fingerprint density at radius 3 is 3.00 bits per heavy atom. The molecule has 0 N–H and O–H groups in total. The van der Waals surface area contributed by atoms with Crippen LogP contribution in [0.15, 0.2) is 11.8 Å². The van der Waals surface area contributed by atoms with E-state index in [-0.39, 0.29) is 5.87 Å². The Bertz CT molecular complexity index is 151. The highest BCUT2D eigenvalue weighted by Gasteiger charge is 2.06. The molecule has 3 heteroatoms. The number of allylic oxidation sites excluding steroid dienone is 2. The number of hydrogen-bond acceptors (Lipinski definition) is 2. The lowest BCUT2D eigenvalue weighted by Gasteiger charge is -1.98. The smallest absolute Gasteiger partial charge is 0.247 e. The van der Waals surface area contributed by atoms with E-state index in [4.69, 9.17) is 4.74 Å². The molecule has 0 atom stereocenters. The molecule has 48 valence electrons. The normalized spacial score (nSPS) is 17.1. The second kappa shape index (κ2) is 2.71. The molecule has 0 aromatic heterocycles. The van der Waals surface area contributed by atoms with Gasteiger partial charge in [0.2, 0.25) is 13.7 Å². The van der Waals surface area contributed by atoms with E-state index in [1.165, 1.54) is 7.85 Å². The van der Waals surface area contributed by atoms with Crippen molar-refractivity contribution in [3.8, 4) is 0 Å². The highest BCUT2D eigenvalue weighted by Crippen LogP contribution is 2.17. The predicted octanol–water partition coefficient (Wildman–Crippen LogP) is 0.824. The van der Waals surface area contributed by atoms with Gasteiger partial charge in [-0.3, -0.25) is 4.79 Å². The van der Waals surface area contributed by atoms with Crippen LogP contribution in [0.1, 0.15) is 19.3 Å². The molecule has 0 saturated heterocycles. The van der Waals surface area contributed by atoms with Crippen LogP contribution in [0.5, 0.6) is 0 Å². The van der Waals surface area contributed by atoms with Crippen LogP contribution in [0, 0.1) is 0 Å². The summed E-state index contributed by atoms with van der Waals surface area (Å²) in [5, 5.41) is 0. The van der Waals surface area contributed by atoms with E-state index in [0.717, 1.165) is 25.0 Å². The maximum absolute atomic E-state index is 10.3. The van der Waals surface area contributed by atoms with E-state index in [2.05, 4.69) is 0 Å². The van der Waals surface area contributed by atoms with Gasteiger partial charge in [-0.15, -0.1) is 0 Å². The van der Waals surface area contributed by atoms with Gasteiger partial charge in [-0.25, -0.2) is 0 Å². The Hall–Kier alpha value is -0.725. The molecule has 0 amide bonds. The van der Waals surface area contributed by atoms with Crippen molar-refractivity contribution in [2.75, 3.05) is 0 Å². The van der Waals surface area contributed by atoms with E-state index in [9.17, 15) is 4.79 Å². The second-order valence-electron chi connectivity index (χ2n) is 2.16. The molecule has 0 bridgehead atoms. The summed E-state index contributed by atoms with van der Waals surface area (Å²) in [6, 6.07) is 0. The minimum atomic E-state index is -0.205. The summed E-state index contributed by atoms with van der Waals surface area (Å²) in [7, 11) is 1.43. The molecule has 0 spiro atoms. The number of carbonyl (C=O) groups excluding carboxylic acids is 1. The summed E-state index contributed by atoms with van der Waals surface area (Å²) in [5.41, 5.74) is 0. The Morgan fingerprint density at radius 2 is 2.56 bits per heavy atom. The molecule has 0 saturated carbocycles. The number of ether oxygens (including phenoxy) is 1. The molecule has 1 aliphatic rings. The lowest BCUT2D eigenvalue weighted by atomic mass is 10.2. The Balaban J connectivity index is 2.35. The van der Waals surface area contributed by atoms with Gasteiger partial charge in [0, 0.05) is 6.42 Å². The Morgan fingerprint density at radius 1 is 1.78 bits per heavy atom. The van der Waals surface area contributed by atoms with Gasteiger partial charge in [0.15, 0.2) is 0 Å². The standard InChI is InChI=1S/C6H9BO2/c7-6(8)9-5-3-1-2-4-5/h3H,1-2,4,7H2. The molecule has 0 radical (unpaired) electrons. The van der Waals surface area contributed by atoms with E-state index in [0.29, 0.717) is 0 Å². The first-order valence-corrected chi connectivity index (χ1v) is 3.16. The fourth-order valence-corrected chi connectivity index (χ4v) is 0.919. The molecule has 0 fully saturated rings. The van der Waals surface area contributed by atoms with Crippen LogP contribution in [0.2, 0.25) is 0 Å². The van der Waals surface area contributed by atoms with Gasteiger partial charge < -0.3 is 4.74 Å². The largest absolute Gasteiger partial charge is 0.440 e. The van der Waals surface area contributed by atoms with Crippen LogP contribution in [0.4, 0.5) is 4.79 Å². The molecule has 2 nitrogen and oxygen atoms in total. The van der Waals surface area contributed by atoms with E-state index < -0.39 is 0 Å².